The van der Waals surface area contributed by atoms with Crippen molar-refractivity contribution < 1.29 is 17.6 Å². The highest BCUT2D eigenvalue weighted by atomic mass is 32.2. The fraction of sp³-hybridized carbons (Fsp3) is 0.200. The largest absolute Gasteiger partial charge is 0.348 e. The van der Waals surface area contributed by atoms with E-state index in [-0.39, 0.29) is 18.3 Å². The number of aromatic nitrogens is 2. The molecule has 1 aromatic heterocycles. The van der Waals surface area contributed by atoms with Gasteiger partial charge in [-0.05, 0) is 42.3 Å². The van der Waals surface area contributed by atoms with Gasteiger partial charge in [-0.2, -0.15) is 5.10 Å². The molecular formula is C20H21FN4O3S. The normalized spacial score (nSPS) is 11.3. The summed E-state index contributed by atoms with van der Waals surface area (Å²) in [5, 5.41) is 7.07. The van der Waals surface area contributed by atoms with E-state index in [1.807, 2.05) is 6.92 Å². The maximum Gasteiger partial charge on any atom is 0.255 e. The molecule has 3 rings (SSSR count). The number of benzene rings is 2. The van der Waals surface area contributed by atoms with Gasteiger partial charge in [-0.3, -0.25) is 9.52 Å². The van der Waals surface area contributed by atoms with Gasteiger partial charge in [0.1, 0.15) is 5.82 Å². The van der Waals surface area contributed by atoms with Crippen LogP contribution in [0.5, 0.6) is 0 Å². The van der Waals surface area contributed by atoms with E-state index in [2.05, 4.69) is 15.1 Å². The van der Waals surface area contributed by atoms with Gasteiger partial charge in [0, 0.05) is 6.54 Å². The van der Waals surface area contributed by atoms with Crippen molar-refractivity contribution in [3.8, 4) is 5.69 Å². The van der Waals surface area contributed by atoms with E-state index in [0.717, 1.165) is 6.26 Å². The lowest BCUT2D eigenvalue weighted by atomic mass is 10.1. The summed E-state index contributed by atoms with van der Waals surface area (Å²) in [4.78, 5) is 12.7. The zero-order valence-electron chi connectivity index (χ0n) is 16.0. The molecule has 152 valence electrons. The van der Waals surface area contributed by atoms with E-state index in [1.54, 1.807) is 41.1 Å². The Hall–Kier alpha value is -3.20. The topological polar surface area (TPSA) is 93.1 Å². The summed E-state index contributed by atoms with van der Waals surface area (Å²) in [6, 6.07) is 12.7. The van der Waals surface area contributed by atoms with E-state index in [0.29, 0.717) is 34.6 Å². The molecule has 3 aromatic rings. The van der Waals surface area contributed by atoms with Gasteiger partial charge in [-0.25, -0.2) is 17.5 Å². The van der Waals surface area contributed by atoms with Gasteiger partial charge in [0.05, 0.1) is 35.1 Å². The Morgan fingerprint density at radius 2 is 1.83 bits per heavy atom. The molecule has 7 nitrogen and oxygen atoms in total. The average molecular weight is 416 g/mol. The molecule has 0 aliphatic rings. The molecule has 1 amide bonds. The fourth-order valence-corrected chi connectivity index (χ4v) is 3.55. The number of nitrogens with zero attached hydrogens (tertiary/aromatic N) is 2. The Bertz CT molecular complexity index is 1120. The van der Waals surface area contributed by atoms with Crippen LogP contribution in [0.15, 0.2) is 54.7 Å². The summed E-state index contributed by atoms with van der Waals surface area (Å²) in [7, 11) is -3.43. The third kappa shape index (κ3) is 5.00. The predicted molar refractivity (Wildman–Crippen MR) is 109 cm³/mol. The van der Waals surface area contributed by atoms with Crippen molar-refractivity contribution in [1.29, 1.82) is 0 Å². The second-order valence-electron chi connectivity index (χ2n) is 6.46. The molecule has 0 saturated heterocycles. The van der Waals surface area contributed by atoms with Crippen molar-refractivity contribution in [2.45, 2.75) is 19.9 Å². The molecule has 0 saturated carbocycles. The van der Waals surface area contributed by atoms with Crippen molar-refractivity contribution in [3.05, 3.63) is 77.4 Å². The summed E-state index contributed by atoms with van der Waals surface area (Å²) >= 11 is 0. The summed E-state index contributed by atoms with van der Waals surface area (Å²) < 4.78 is 40.3. The van der Waals surface area contributed by atoms with E-state index < -0.39 is 10.0 Å². The maximum absolute atomic E-state index is 13.2. The number of halogens is 1. The number of nitrogens with one attached hydrogen (secondary N) is 2. The molecular weight excluding hydrogens is 395 g/mol. The van der Waals surface area contributed by atoms with E-state index >= 15 is 0 Å². The van der Waals surface area contributed by atoms with Gasteiger partial charge in [0.2, 0.25) is 10.0 Å². The third-order valence-corrected chi connectivity index (χ3v) is 4.86. The minimum Gasteiger partial charge on any atom is -0.348 e. The quantitative estimate of drug-likeness (QED) is 0.619. The molecule has 0 unspecified atom stereocenters. The number of amides is 1. The van der Waals surface area contributed by atoms with Crippen LogP contribution in [0, 0.1) is 5.82 Å². The second kappa shape index (κ2) is 8.44. The Kier molecular flexibility index (Phi) is 5.97. The highest BCUT2D eigenvalue weighted by molar-refractivity contribution is 7.92. The maximum atomic E-state index is 13.2. The average Bonchev–Trinajstić information content (AvgIpc) is 3.10. The van der Waals surface area contributed by atoms with E-state index in [9.17, 15) is 17.6 Å². The van der Waals surface area contributed by atoms with Crippen LogP contribution in [0.4, 0.5) is 10.1 Å². The lowest BCUT2D eigenvalue weighted by Gasteiger charge is -2.12. The summed E-state index contributed by atoms with van der Waals surface area (Å²) in [5.41, 5.74) is 2.80. The number of para-hydroxylation sites is 1. The molecule has 0 aliphatic carbocycles. The van der Waals surface area contributed by atoms with E-state index in [1.165, 1.54) is 18.3 Å². The fourth-order valence-electron chi connectivity index (χ4n) is 2.95. The molecule has 0 aliphatic heterocycles. The number of anilines is 1. The Balaban J connectivity index is 1.80. The predicted octanol–water partition coefficient (Wildman–Crippen LogP) is 2.88. The van der Waals surface area contributed by atoms with Crippen LogP contribution in [0.1, 0.15) is 28.5 Å². The molecule has 29 heavy (non-hydrogen) atoms. The molecule has 0 atom stereocenters. The molecule has 0 radical (unpaired) electrons. The monoisotopic (exact) mass is 416 g/mol. The highest BCUT2D eigenvalue weighted by Gasteiger charge is 2.17. The molecule has 0 spiro atoms. The van der Waals surface area contributed by atoms with Crippen LogP contribution < -0.4 is 10.0 Å². The summed E-state index contributed by atoms with van der Waals surface area (Å²) in [6.45, 7) is 2.04. The number of carbonyl (C=O) groups excluding carboxylic acids is 1. The van der Waals surface area contributed by atoms with Gasteiger partial charge in [-0.1, -0.05) is 25.1 Å². The number of hydrogen-bond acceptors (Lipinski definition) is 4. The smallest absolute Gasteiger partial charge is 0.255 e. The molecule has 1 heterocycles. The Morgan fingerprint density at radius 1 is 1.14 bits per heavy atom. The standard InChI is InChI=1S/C20H21FN4O3S/c1-3-19-17(13-23-25(19)16-10-8-15(21)9-11-16)20(26)22-12-14-6-4-5-7-18(14)24-29(2,27)28/h4-11,13,24H,3,12H2,1-2H3,(H,22,26). The summed E-state index contributed by atoms with van der Waals surface area (Å²) in [6.07, 6.45) is 3.09. The van der Waals surface area contributed by atoms with Crippen molar-refractivity contribution in [3.63, 3.8) is 0 Å². The first-order chi connectivity index (χ1) is 13.8. The molecule has 2 N–H and O–H groups in total. The zero-order valence-corrected chi connectivity index (χ0v) is 16.8. The first kappa shape index (κ1) is 20.5. The lowest BCUT2D eigenvalue weighted by Crippen LogP contribution is -2.24. The Labute approximate surface area is 168 Å². The lowest BCUT2D eigenvalue weighted by molar-refractivity contribution is 0.0950. The van der Waals surface area contributed by atoms with Gasteiger partial charge in [0.15, 0.2) is 0 Å². The van der Waals surface area contributed by atoms with Crippen molar-refractivity contribution >= 4 is 21.6 Å². The van der Waals surface area contributed by atoms with Crippen molar-refractivity contribution in [2.24, 2.45) is 0 Å². The molecule has 0 fully saturated rings. The van der Waals surface area contributed by atoms with Gasteiger partial charge in [0.25, 0.3) is 5.91 Å². The number of carbonyl (C=O) groups is 1. The van der Waals surface area contributed by atoms with Crippen LogP contribution in [0.25, 0.3) is 5.69 Å². The number of sulfonamides is 1. The van der Waals surface area contributed by atoms with Gasteiger partial charge < -0.3 is 5.32 Å². The third-order valence-electron chi connectivity index (χ3n) is 4.27. The SMILES string of the molecule is CCc1c(C(=O)NCc2ccccc2NS(C)(=O)=O)cnn1-c1ccc(F)cc1. The highest BCUT2D eigenvalue weighted by Crippen LogP contribution is 2.18. The Morgan fingerprint density at radius 3 is 2.48 bits per heavy atom. The first-order valence-corrected chi connectivity index (χ1v) is 10.8. The first-order valence-electron chi connectivity index (χ1n) is 8.95. The van der Waals surface area contributed by atoms with Gasteiger partial charge in [-0.15, -0.1) is 0 Å². The van der Waals surface area contributed by atoms with Crippen LogP contribution in [-0.2, 0) is 23.0 Å². The summed E-state index contributed by atoms with van der Waals surface area (Å²) in [5.74, 6) is -0.678. The van der Waals surface area contributed by atoms with E-state index in [4.69, 9.17) is 0 Å². The van der Waals surface area contributed by atoms with Crippen molar-refractivity contribution in [2.75, 3.05) is 11.0 Å². The second-order valence-corrected chi connectivity index (χ2v) is 8.21. The molecule has 2 aromatic carbocycles. The minimum atomic E-state index is -3.43. The van der Waals surface area contributed by atoms with Crippen LogP contribution in [-0.4, -0.2) is 30.4 Å². The van der Waals surface area contributed by atoms with Gasteiger partial charge >= 0.3 is 0 Å². The van der Waals surface area contributed by atoms with Crippen LogP contribution in [0.3, 0.4) is 0 Å². The molecule has 0 bridgehead atoms. The van der Waals surface area contributed by atoms with Crippen LogP contribution >= 0.6 is 0 Å². The zero-order chi connectivity index (χ0) is 21.0. The minimum absolute atomic E-state index is 0.141. The molecule has 9 heteroatoms. The van der Waals surface area contributed by atoms with Crippen molar-refractivity contribution in [1.82, 2.24) is 15.1 Å². The number of hydrogen-bond donors (Lipinski definition) is 2. The number of rotatable bonds is 7. The van der Waals surface area contributed by atoms with Crippen LogP contribution in [0.2, 0.25) is 0 Å².